The third kappa shape index (κ3) is 5.22. The van der Waals surface area contributed by atoms with E-state index < -0.39 is 0 Å². The van der Waals surface area contributed by atoms with Crippen molar-refractivity contribution in [2.45, 2.75) is 91.5 Å². The number of likely N-dealkylation sites (tertiary alicyclic amines) is 1. The fraction of sp³-hybridized carbons (Fsp3) is 0.870. The van der Waals surface area contributed by atoms with Gasteiger partial charge < -0.3 is 10.0 Å². The number of piperidine rings is 1. The van der Waals surface area contributed by atoms with Crippen LogP contribution in [-0.2, 0) is 6.54 Å². The molecule has 0 aliphatic carbocycles. The molecule has 2 saturated heterocycles. The Morgan fingerprint density at radius 2 is 1.69 bits per heavy atom. The molecule has 0 amide bonds. The van der Waals surface area contributed by atoms with Gasteiger partial charge in [-0.25, -0.2) is 0 Å². The average Bonchev–Trinajstić information content (AvgIpc) is 2.97. The molecule has 1 aromatic heterocycles. The summed E-state index contributed by atoms with van der Waals surface area (Å²) in [5.41, 5.74) is 3.86. The molecular weight excluding hydrogens is 362 g/mol. The summed E-state index contributed by atoms with van der Waals surface area (Å²) in [6, 6.07) is 2.19. The van der Waals surface area contributed by atoms with Crippen LogP contribution in [0.2, 0.25) is 0 Å². The van der Waals surface area contributed by atoms with Gasteiger partial charge in [-0.1, -0.05) is 0 Å². The fourth-order valence-electron chi connectivity index (χ4n) is 5.35. The summed E-state index contributed by atoms with van der Waals surface area (Å²) in [6.07, 6.45) is 3.41. The molecule has 0 radical (unpaired) electrons. The van der Waals surface area contributed by atoms with Gasteiger partial charge in [0.15, 0.2) is 0 Å². The lowest BCUT2D eigenvalue weighted by Crippen LogP contribution is -2.58. The second-order valence-electron chi connectivity index (χ2n) is 9.69. The molecule has 29 heavy (non-hydrogen) atoms. The summed E-state index contributed by atoms with van der Waals surface area (Å²) in [5, 5.41) is 14.5. The lowest BCUT2D eigenvalue weighted by atomic mass is 9.97. The second kappa shape index (κ2) is 9.90. The topological polar surface area (TPSA) is 47.8 Å². The van der Waals surface area contributed by atoms with Crippen LogP contribution in [0, 0.1) is 13.8 Å². The van der Waals surface area contributed by atoms with Gasteiger partial charge >= 0.3 is 0 Å². The van der Waals surface area contributed by atoms with Gasteiger partial charge in [-0.2, -0.15) is 5.10 Å². The first-order chi connectivity index (χ1) is 13.8. The molecule has 3 rings (SSSR count). The van der Waals surface area contributed by atoms with Gasteiger partial charge in [-0.05, 0) is 73.9 Å². The van der Waals surface area contributed by atoms with E-state index in [0.717, 1.165) is 32.6 Å². The van der Waals surface area contributed by atoms with E-state index in [2.05, 4.69) is 60.9 Å². The Balaban J connectivity index is 1.63. The van der Waals surface area contributed by atoms with Gasteiger partial charge in [0, 0.05) is 68.2 Å². The van der Waals surface area contributed by atoms with Crippen LogP contribution in [0.4, 0.5) is 0 Å². The highest BCUT2D eigenvalue weighted by Gasteiger charge is 2.34. The minimum Gasteiger partial charge on any atom is -0.396 e. The van der Waals surface area contributed by atoms with E-state index in [0.29, 0.717) is 24.2 Å². The molecule has 0 bridgehead atoms. The predicted octanol–water partition coefficient (Wildman–Crippen LogP) is 2.82. The largest absolute Gasteiger partial charge is 0.396 e. The van der Waals surface area contributed by atoms with Crippen molar-refractivity contribution in [3.63, 3.8) is 0 Å². The Labute approximate surface area is 177 Å². The number of nitrogens with zero attached hydrogens (tertiary/aromatic N) is 5. The predicted molar refractivity (Wildman–Crippen MR) is 119 cm³/mol. The lowest BCUT2D eigenvalue weighted by Gasteiger charge is -2.48. The minimum absolute atomic E-state index is 0.281. The molecule has 6 heteroatoms. The standard InChI is InChI=1S/C23H43N5O/c1-17(2)26-10-7-21(8-11-26)27-13-12-25(15-22(27)9-14-29)16-23-19(5)24-28(18(3)4)20(23)6/h17-18,21-22,29H,7-16H2,1-6H3. The molecule has 0 spiro atoms. The molecule has 1 atom stereocenters. The van der Waals surface area contributed by atoms with E-state index in [9.17, 15) is 5.11 Å². The number of aromatic nitrogens is 2. The Hall–Kier alpha value is -0.950. The van der Waals surface area contributed by atoms with E-state index in [4.69, 9.17) is 5.10 Å². The fourth-order valence-corrected chi connectivity index (χ4v) is 5.35. The third-order valence-electron chi connectivity index (χ3n) is 7.12. The van der Waals surface area contributed by atoms with Gasteiger partial charge in [0.2, 0.25) is 0 Å². The number of aliphatic hydroxyl groups excluding tert-OH is 1. The molecule has 166 valence electrons. The number of piperazine rings is 1. The Morgan fingerprint density at radius 1 is 1.00 bits per heavy atom. The van der Waals surface area contributed by atoms with Crippen LogP contribution < -0.4 is 0 Å². The maximum Gasteiger partial charge on any atom is 0.0641 e. The third-order valence-corrected chi connectivity index (χ3v) is 7.12. The molecule has 1 N–H and O–H groups in total. The Kier molecular flexibility index (Phi) is 7.76. The monoisotopic (exact) mass is 405 g/mol. The van der Waals surface area contributed by atoms with Gasteiger partial charge in [-0.15, -0.1) is 0 Å². The summed E-state index contributed by atoms with van der Waals surface area (Å²) >= 11 is 0. The van der Waals surface area contributed by atoms with Gasteiger partial charge in [-0.3, -0.25) is 14.5 Å². The van der Waals surface area contributed by atoms with Crippen LogP contribution in [0.25, 0.3) is 0 Å². The number of rotatable bonds is 7. The Morgan fingerprint density at radius 3 is 2.24 bits per heavy atom. The van der Waals surface area contributed by atoms with Crippen LogP contribution in [0.3, 0.4) is 0 Å². The first kappa shape index (κ1) is 22.7. The minimum atomic E-state index is 0.281. The number of aryl methyl sites for hydroxylation is 1. The number of aliphatic hydroxyl groups is 1. The molecule has 2 aliphatic rings. The second-order valence-corrected chi connectivity index (χ2v) is 9.69. The molecule has 1 aromatic rings. The zero-order chi connectivity index (χ0) is 21.1. The SMILES string of the molecule is Cc1nn(C(C)C)c(C)c1CN1CCN(C2CCN(C(C)C)CC2)C(CCO)C1. The maximum absolute atomic E-state index is 9.71. The highest BCUT2D eigenvalue weighted by Crippen LogP contribution is 2.26. The summed E-state index contributed by atoms with van der Waals surface area (Å²) in [7, 11) is 0. The zero-order valence-corrected chi connectivity index (χ0v) is 19.6. The van der Waals surface area contributed by atoms with Crippen molar-refractivity contribution in [2.24, 2.45) is 0 Å². The molecule has 0 saturated carbocycles. The van der Waals surface area contributed by atoms with Crippen molar-refractivity contribution in [3.05, 3.63) is 17.0 Å². The zero-order valence-electron chi connectivity index (χ0n) is 19.6. The van der Waals surface area contributed by atoms with Crippen molar-refractivity contribution in [3.8, 4) is 0 Å². The normalized spacial score (nSPS) is 23.6. The summed E-state index contributed by atoms with van der Waals surface area (Å²) in [5.74, 6) is 0. The number of hydrogen-bond acceptors (Lipinski definition) is 5. The van der Waals surface area contributed by atoms with E-state index in [-0.39, 0.29) is 6.61 Å². The first-order valence-corrected chi connectivity index (χ1v) is 11.7. The van der Waals surface area contributed by atoms with Crippen molar-refractivity contribution in [1.82, 2.24) is 24.5 Å². The van der Waals surface area contributed by atoms with Gasteiger partial charge in [0.1, 0.15) is 0 Å². The van der Waals surface area contributed by atoms with Crippen molar-refractivity contribution in [1.29, 1.82) is 0 Å². The van der Waals surface area contributed by atoms with Crippen LogP contribution in [0.1, 0.15) is 70.0 Å². The molecule has 6 nitrogen and oxygen atoms in total. The average molecular weight is 406 g/mol. The van der Waals surface area contributed by atoms with E-state index in [1.54, 1.807) is 0 Å². The van der Waals surface area contributed by atoms with E-state index in [1.165, 1.54) is 42.9 Å². The molecule has 2 fully saturated rings. The van der Waals surface area contributed by atoms with Crippen LogP contribution in [0.5, 0.6) is 0 Å². The Bertz CT molecular complexity index is 648. The van der Waals surface area contributed by atoms with Crippen molar-refractivity contribution >= 4 is 0 Å². The van der Waals surface area contributed by atoms with Crippen molar-refractivity contribution in [2.75, 3.05) is 39.3 Å². The van der Waals surface area contributed by atoms with Crippen LogP contribution in [-0.4, -0.2) is 87.0 Å². The summed E-state index contributed by atoms with van der Waals surface area (Å²) in [4.78, 5) is 7.91. The summed E-state index contributed by atoms with van der Waals surface area (Å²) < 4.78 is 2.16. The highest BCUT2D eigenvalue weighted by molar-refractivity contribution is 5.25. The van der Waals surface area contributed by atoms with Crippen LogP contribution >= 0.6 is 0 Å². The molecule has 1 unspecified atom stereocenters. The molecule has 0 aromatic carbocycles. The van der Waals surface area contributed by atoms with Crippen molar-refractivity contribution < 1.29 is 5.11 Å². The van der Waals surface area contributed by atoms with Gasteiger partial charge in [0.05, 0.1) is 5.69 Å². The maximum atomic E-state index is 9.71. The van der Waals surface area contributed by atoms with E-state index in [1.807, 2.05) is 0 Å². The lowest BCUT2D eigenvalue weighted by molar-refractivity contribution is -0.000135. The summed E-state index contributed by atoms with van der Waals surface area (Å²) in [6.45, 7) is 20.3. The quantitative estimate of drug-likeness (QED) is 0.756. The first-order valence-electron chi connectivity index (χ1n) is 11.7. The molecule has 3 heterocycles. The van der Waals surface area contributed by atoms with Gasteiger partial charge in [0.25, 0.3) is 0 Å². The molecular formula is C23H43N5O. The number of hydrogen-bond donors (Lipinski definition) is 1. The van der Waals surface area contributed by atoms with E-state index >= 15 is 0 Å². The van der Waals surface area contributed by atoms with Crippen LogP contribution in [0.15, 0.2) is 0 Å². The smallest absolute Gasteiger partial charge is 0.0641 e. The molecule has 2 aliphatic heterocycles. The highest BCUT2D eigenvalue weighted by atomic mass is 16.3.